The van der Waals surface area contributed by atoms with E-state index < -0.39 is 0 Å². The van der Waals surface area contributed by atoms with Gasteiger partial charge >= 0.3 is 0 Å². The average molecular weight is 402 g/mol. The molecule has 0 spiro atoms. The topological polar surface area (TPSA) is 108 Å². The highest BCUT2D eigenvalue weighted by molar-refractivity contribution is 5.84. The van der Waals surface area contributed by atoms with Crippen LogP contribution in [0.3, 0.4) is 0 Å². The Morgan fingerprint density at radius 1 is 0.933 bits per heavy atom. The summed E-state index contributed by atoms with van der Waals surface area (Å²) in [5.74, 6) is 1.97. The highest BCUT2D eigenvalue weighted by Crippen LogP contribution is 2.32. The molecule has 0 saturated carbocycles. The first kappa shape index (κ1) is 19.4. The van der Waals surface area contributed by atoms with Crippen molar-refractivity contribution in [3.05, 3.63) is 60.3 Å². The molecule has 3 N–H and O–H groups in total. The maximum atomic E-state index is 5.91. The van der Waals surface area contributed by atoms with Crippen molar-refractivity contribution >= 4 is 22.9 Å². The summed E-state index contributed by atoms with van der Waals surface area (Å²) in [5.41, 5.74) is 9.63. The summed E-state index contributed by atoms with van der Waals surface area (Å²) in [6.45, 7) is 0.689. The summed E-state index contributed by atoms with van der Waals surface area (Å²) in [6.07, 6.45) is 2.54. The van der Waals surface area contributed by atoms with E-state index in [1.807, 2.05) is 36.4 Å². The second kappa shape index (κ2) is 8.60. The van der Waals surface area contributed by atoms with Gasteiger partial charge in [0.15, 0.2) is 28.5 Å². The number of nitrogens with one attached hydrogen (secondary N) is 1. The first-order chi connectivity index (χ1) is 14.7. The zero-order valence-corrected chi connectivity index (χ0v) is 16.8. The van der Waals surface area contributed by atoms with E-state index in [1.54, 1.807) is 20.4 Å². The van der Waals surface area contributed by atoms with Crippen LogP contribution in [0.4, 0.5) is 11.8 Å². The molecule has 0 aliphatic carbocycles. The number of nitrogen functional groups attached to an aromatic ring is 1. The van der Waals surface area contributed by atoms with Crippen LogP contribution < -0.4 is 20.5 Å². The van der Waals surface area contributed by atoms with Crippen LogP contribution in [-0.4, -0.2) is 40.7 Å². The molecule has 0 bridgehead atoms. The minimum Gasteiger partial charge on any atom is -0.493 e. The van der Waals surface area contributed by atoms with Crippen molar-refractivity contribution < 1.29 is 9.47 Å². The molecule has 2 heterocycles. The molecule has 152 valence electrons. The Kier molecular flexibility index (Phi) is 5.56. The molecular weight excluding hydrogens is 380 g/mol. The van der Waals surface area contributed by atoms with Crippen LogP contribution in [0.25, 0.3) is 22.4 Å². The molecule has 0 radical (unpaired) electrons. The number of hydrogen-bond donors (Lipinski definition) is 2. The van der Waals surface area contributed by atoms with Gasteiger partial charge in [0, 0.05) is 12.1 Å². The lowest BCUT2D eigenvalue weighted by Crippen LogP contribution is -2.10. The van der Waals surface area contributed by atoms with Gasteiger partial charge in [0.05, 0.1) is 26.1 Å². The molecule has 0 amide bonds. The van der Waals surface area contributed by atoms with Gasteiger partial charge in [0.2, 0.25) is 5.95 Å². The second-order valence-electron chi connectivity index (χ2n) is 6.59. The smallest absolute Gasteiger partial charge is 0.224 e. The van der Waals surface area contributed by atoms with Gasteiger partial charge in [-0.1, -0.05) is 30.3 Å². The molecule has 4 aromatic rings. The number of nitrogens with two attached hydrogens (primary N) is 1. The van der Waals surface area contributed by atoms with Crippen LogP contribution in [0.1, 0.15) is 5.56 Å². The van der Waals surface area contributed by atoms with E-state index >= 15 is 0 Å². The summed E-state index contributed by atoms with van der Waals surface area (Å²) in [5, 5.41) is 3.30. The average Bonchev–Trinajstić information content (AvgIpc) is 2.78. The predicted octanol–water partition coefficient (Wildman–Crippen LogP) is 3.34. The Balaban J connectivity index is 1.62. The van der Waals surface area contributed by atoms with E-state index in [4.69, 9.17) is 15.2 Å². The molecule has 30 heavy (non-hydrogen) atoms. The first-order valence-electron chi connectivity index (χ1n) is 9.48. The van der Waals surface area contributed by atoms with E-state index in [2.05, 4.69) is 37.4 Å². The standard InChI is InChI=1S/C22H22N6O2/c1-29-17-9-8-15(12-18(17)30-2)16-13-25-19-20(27-22(23)28-21(19)26-16)24-11-10-14-6-4-3-5-7-14/h3-9,12-13H,10-11H2,1-2H3,(H3,23,24,26,27,28). The van der Waals surface area contributed by atoms with E-state index in [0.717, 1.165) is 12.0 Å². The Morgan fingerprint density at radius 2 is 1.73 bits per heavy atom. The zero-order valence-electron chi connectivity index (χ0n) is 16.8. The maximum Gasteiger partial charge on any atom is 0.224 e. The lowest BCUT2D eigenvalue weighted by molar-refractivity contribution is 0.355. The molecule has 0 aliphatic rings. The van der Waals surface area contributed by atoms with Gasteiger partial charge in [0.1, 0.15) is 0 Å². The second-order valence-corrected chi connectivity index (χ2v) is 6.59. The van der Waals surface area contributed by atoms with Gasteiger partial charge < -0.3 is 20.5 Å². The van der Waals surface area contributed by atoms with Crippen molar-refractivity contribution in [1.82, 2.24) is 19.9 Å². The molecular formula is C22H22N6O2. The Labute approximate surface area is 174 Å². The van der Waals surface area contributed by atoms with Gasteiger partial charge in [0.25, 0.3) is 0 Å². The van der Waals surface area contributed by atoms with Crippen LogP contribution in [-0.2, 0) is 6.42 Å². The molecule has 8 nitrogen and oxygen atoms in total. The zero-order chi connectivity index (χ0) is 20.9. The molecule has 8 heteroatoms. The minimum absolute atomic E-state index is 0.142. The number of methoxy groups -OCH3 is 2. The summed E-state index contributed by atoms with van der Waals surface area (Å²) in [6, 6.07) is 15.8. The summed E-state index contributed by atoms with van der Waals surface area (Å²) in [7, 11) is 3.19. The molecule has 0 unspecified atom stereocenters. The number of aromatic nitrogens is 4. The third kappa shape index (κ3) is 4.07. The van der Waals surface area contributed by atoms with Crippen molar-refractivity contribution in [2.24, 2.45) is 0 Å². The van der Waals surface area contributed by atoms with Gasteiger partial charge in [-0.2, -0.15) is 9.97 Å². The van der Waals surface area contributed by atoms with Gasteiger partial charge in [-0.15, -0.1) is 0 Å². The number of fused-ring (bicyclic) bond motifs is 1. The minimum atomic E-state index is 0.142. The van der Waals surface area contributed by atoms with E-state index in [1.165, 1.54) is 5.56 Å². The number of hydrogen-bond acceptors (Lipinski definition) is 8. The molecule has 0 fully saturated rings. The van der Waals surface area contributed by atoms with Crippen LogP contribution in [0.2, 0.25) is 0 Å². The van der Waals surface area contributed by atoms with Crippen molar-refractivity contribution in [2.75, 3.05) is 31.8 Å². The van der Waals surface area contributed by atoms with Gasteiger partial charge in [-0.25, -0.2) is 9.97 Å². The fourth-order valence-corrected chi connectivity index (χ4v) is 3.15. The highest BCUT2D eigenvalue weighted by Gasteiger charge is 2.12. The highest BCUT2D eigenvalue weighted by atomic mass is 16.5. The third-order valence-electron chi connectivity index (χ3n) is 4.65. The number of ether oxygens (including phenoxy) is 2. The molecule has 0 saturated heterocycles. The molecule has 4 rings (SSSR count). The summed E-state index contributed by atoms with van der Waals surface area (Å²) >= 11 is 0. The molecule has 0 aliphatic heterocycles. The van der Waals surface area contributed by atoms with Crippen LogP contribution in [0, 0.1) is 0 Å². The number of rotatable bonds is 7. The van der Waals surface area contributed by atoms with Gasteiger partial charge in [-0.05, 0) is 30.2 Å². The van der Waals surface area contributed by atoms with Crippen LogP contribution in [0.5, 0.6) is 11.5 Å². The quantitative estimate of drug-likeness (QED) is 0.485. The number of benzene rings is 2. The van der Waals surface area contributed by atoms with Crippen molar-refractivity contribution in [3.63, 3.8) is 0 Å². The van der Waals surface area contributed by atoms with Gasteiger partial charge in [-0.3, -0.25) is 0 Å². The normalized spacial score (nSPS) is 10.7. The monoisotopic (exact) mass is 402 g/mol. The number of nitrogens with zero attached hydrogens (tertiary/aromatic N) is 4. The lowest BCUT2D eigenvalue weighted by Gasteiger charge is -2.11. The number of anilines is 2. The maximum absolute atomic E-state index is 5.91. The SMILES string of the molecule is COc1ccc(-c2cnc3c(NCCc4ccccc4)nc(N)nc3n2)cc1OC. The molecule has 2 aromatic carbocycles. The Hall–Kier alpha value is -3.94. The molecule has 0 atom stereocenters. The van der Waals surface area contributed by atoms with Crippen molar-refractivity contribution in [2.45, 2.75) is 6.42 Å². The predicted molar refractivity (Wildman–Crippen MR) is 117 cm³/mol. The third-order valence-corrected chi connectivity index (χ3v) is 4.65. The van der Waals surface area contributed by atoms with E-state index in [9.17, 15) is 0 Å². The summed E-state index contributed by atoms with van der Waals surface area (Å²) in [4.78, 5) is 17.7. The van der Waals surface area contributed by atoms with Crippen molar-refractivity contribution in [1.29, 1.82) is 0 Å². The van der Waals surface area contributed by atoms with Crippen molar-refractivity contribution in [3.8, 4) is 22.8 Å². The first-order valence-corrected chi connectivity index (χ1v) is 9.48. The largest absolute Gasteiger partial charge is 0.493 e. The van der Waals surface area contributed by atoms with Crippen LogP contribution in [0.15, 0.2) is 54.7 Å². The molecule has 2 aromatic heterocycles. The Morgan fingerprint density at radius 3 is 2.50 bits per heavy atom. The fourth-order valence-electron chi connectivity index (χ4n) is 3.15. The lowest BCUT2D eigenvalue weighted by atomic mass is 10.1. The van der Waals surface area contributed by atoms with E-state index in [-0.39, 0.29) is 5.95 Å². The van der Waals surface area contributed by atoms with Crippen LogP contribution >= 0.6 is 0 Å². The fraction of sp³-hybridized carbons (Fsp3) is 0.182. The van der Waals surface area contributed by atoms with E-state index in [0.29, 0.717) is 40.7 Å². The summed E-state index contributed by atoms with van der Waals surface area (Å²) < 4.78 is 10.7. The Bertz CT molecular complexity index is 1170.